The summed E-state index contributed by atoms with van der Waals surface area (Å²) in [5, 5.41) is 19.4. The molecule has 0 aliphatic heterocycles. The fourth-order valence-electron chi connectivity index (χ4n) is 2.50. The molecule has 0 aromatic heterocycles. The molecule has 0 spiro atoms. The van der Waals surface area contributed by atoms with Crippen LogP contribution in [0.15, 0.2) is 54.2 Å². The Morgan fingerprint density at radius 1 is 0.893 bits per heavy atom. The predicted octanol–water partition coefficient (Wildman–Crippen LogP) is 5.66. The first kappa shape index (κ1) is 20.8. The van der Waals surface area contributed by atoms with E-state index in [0.717, 1.165) is 6.20 Å². The first-order valence-electron chi connectivity index (χ1n) is 7.68. The third kappa shape index (κ3) is 5.04. The van der Waals surface area contributed by atoms with E-state index in [9.17, 15) is 26.3 Å². The second-order valence-electron chi connectivity index (χ2n) is 5.63. The number of alkyl halides is 6. The van der Waals surface area contributed by atoms with Crippen LogP contribution in [0.2, 0.25) is 0 Å². The first-order valence-corrected chi connectivity index (χ1v) is 7.68. The SMILES string of the molecule is N#CC(C#N)=CNc1cc(C(F)(F)F)c(Cc2ccccc2)c(C(F)(F)F)c1. The molecular formula is C19H11F6N3. The molecule has 0 amide bonds. The van der Waals surface area contributed by atoms with Crippen molar-refractivity contribution in [3.8, 4) is 12.1 Å². The van der Waals surface area contributed by atoms with Gasteiger partial charge in [-0.1, -0.05) is 30.3 Å². The Morgan fingerprint density at radius 3 is 1.82 bits per heavy atom. The van der Waals surface area contributed by atoms with E-state index in [-0.39, 0.29) is 5.56 Å². The number of benzene rings is 2. The summed E-state index contributed by atoms with van der Waals surface area (Å²) in [6.45, 7) is 0. The van der Waals surface area contributed by atoms with E-state index in [4.69, 9.17) is 10.5 Å². The van der Waals surface area contributed by atoms with Gasteiger partial charge in [0.15, 0.2) is 0 Å². The molecule has 2 aromatic rings. The van der Waals surface area contributed by atoms with Crippen molar-refractivity contribution in [3.63, 3.8) is 0 Å². The standard InChI is InChI=1S/C19H11F6N3/c20-18(21,22)16-7-14(28-11-13(9-26)10-27)8-17(19(23,24)25)15(16)6-12-4-2-1-3-5-12/h1-5,7-8,11,28H,6H2. The van der Waals surface area contributed by atoms with Crippen molar-refractivity contribution in [1.29, 1.82) is 10.5 Å². The fraction of sp³-hybridized carbons (Fsp3) is 0.158. The second kappa shape index (κ2) is 8.05. The summed E-state index contributed by atoms with van der Waals surface area (Å²) in [4.78, 5) is 0. The quantitative estimate of drug-likeness (QED) is 0.537. The zero-order valence-electron chi connectivity index (χ0n) is 14.0. The van der Waals surface area contributed by atoms with Crippen LogP contribution in [-0.4, -0.2) is 0 Å². The Bertz CT molecular complexity index is 909. The van der Waals surface area contributed by atoms with Crippen molar-refractivity contribution in [2.75, 3.05) is 5.32 Å². The van der Waals surface area contributed by atoms with Crippen molar-refractivity contribution in [1.82, 2.24) is 0 Å². The van der Waals surface area contributed by atoms with Gasteiger partial charge >= 0.3 is 12.4 Å². The van der Waals surface area contributed by atoms with Crippen molar-refractivity contribution in [2.45, 2.75) is 18.8 Å². The molecule has 1 N–H and O–H groups in total. The van der Waals surface area contributed by atoms with E-state index in [1.807, 2.05) is 0 Å². The van der Waals surface area contributed by atoms with Crippen LogP contribution < -0.4 is 5.32 Å². The van der Waals surface area contributed by atoms with Crippen molar-refractivity contribution < 1.29 is 26.3 Å². The Kier molecular flexibility index (Phi) is 5.99. The van der Waals surface area contributed by atoms with Gasteiger partial charge in [0.05, 0.1) is 11.1 Å². The highest BCUT2D eigenvalue weighted by Crippen LogP contribution is 2.42. The van der Waals surface area contributed by atoms with Crippen molar-refractivity contribution in [3.05, 3.63) is 76.5 Å². The Labute approximate surface area is 156 Å². The van der Waals surface area contributed by atoms with Crippen LogP contribution >= 0.6 is 0 Å². The van der Waals surface area contributed by atoms with E-state index in [1.54, 1.807) is 6.07 Å². The number of anilines is 1. The molecule has 0 aliphatic carbocycles. The maximum atomic E-state index is 13.5. The van der Waals surface area contributed by atoms with E-state index < -0.39 is 46.7 Å². The number of nitriles is 2. The minimum absolute atomic E-state index is 0.287. The lowest BCUT2D eigenvalue weighted by molar-refractivity contribution is -0.144. The monoisotopic (exact) mass is 395 g/mol. The van der Waals surface area contributed by atoms with Crippen LogP contribution in [0.3, 0.4) is 0 Å². The maximum absolute atomic E-state index is 13.5. The summed E-state index contributed by atoms with van der Waals surface area (Å²) in [5.74, 6) is 0. The highest BCUT2D eigenvalue weighted by atomic mass is 19.4. The molecule has 0 unspecified atom stereocenters. The highest BCUT2D eigenvalue weighted by molar-refractivity contribution is 5.58. The summed E-state index contributed by atoms with van der Waals surface area (Å²) < 4.78 is 81.1. The lowest BCUT2D eigenvalue weighted by Crippen LogP contribution is -2.17. The number of halogens is 6. The van der Waals surface area contributed by atoms with Crippen LogP contribution in [0.25, 0.3) is 0 Å². The lowest BCUT2D eigenvalue weighted by atomic mass is 9.93. The molecule has 0 saturated heterocycles. The molecule has 3 nitrogen and oxygen atoms in total. The lowest BCUT2D eigenvalue weighted by Gasteiger charge is -2.20. The number of hydrogen-bond acceptors (Lipinski definition) is 3. The Morgan fingerprint density at radius 2 is 1.39 bits per heavy atom. The molecule has 2 rings (SSSR count). The first-order chi connectivity index (χ1) is 13.1. The van der Waals surface area contributed by atoms with Gasteiger partial charge in [0.2, 0.25) is 0 Å². The summed E-state index contributed by atoms with van der Waals surface area (Å²) in [5.41, 5.74) is -4.55. The predicted molar refractivity (Wildman–Crippen MR) is 88.6 cm³/mol. The van der Waals surface area contributed by atoms with Crippen LogP contribution in [0.1, 0.15) is 22.3 Å². The zero-order chi connectivity index (χ0) is 20.9. The Hall–Kier alpha value is -3.46. The van der Waals surface area contributed by atoms with Crippen LogP contribution in [-0.2, 0) is 18.8 Å². The van der Waals surface area contributed by atoms with Gasteiger partial charge in [0, 0.05) is 11.9 Å². The molecule has 0 bridgehead atoms. The van der Waals surface area contributed by atoms with Gasteiger partial charge in [-0.25, -0.2) is 0 Å². The van der Waals surface area contributed by atoms with Crippen molar-refractivity contribution >= 4 is 5.69 Å². The van der Waals surface area contributed by atoms with Gasteiger partial charge < -0.3 is 5.32 Å². The van der Waals surface area contributed by atoms with Gasteiger partial charge in [-0.15, -0.1) is 0 Å². The van der Waals surface area contributed by atoms with E-state index in [1.165, 1.54) is 36.4 Å². The average molecular weight is 395 g/mol. The molecule has 0 atom stereocenters. The smallest absolute Gasteiger partial charge is 0.360 e. The molecule has 2 aromatic carbocycles. The van der Waals surface area contributed by atoms with E-state index in [0.29, 0.717) is 12.1 Å². The molecule has 0 radical (unpaired) electrons. The fourth-order valence-corrected chi connectivity index (χ4v) is 2.50. The van der Waals surface area contributed by atoms with E-state index in [2.05, 4.69) is 5.32 Å². The number of nitrogens with one attached hydrogen (secondary N) is 1. The van der Waals surface area contributed by atoms with Gasteiger partial charge in [-0.2, -0.15) is 36.9 Å². The molecule has 0 saturated carbocycles. The summed E-state index contributed by atoms with van der Waals surface area (Å²) in [7, 11) is 0. The molecule has 28 heavy (non-hydrogen) atoms. The Balaban J connectivity index is 2.67. The maximum Gasteiger partial charge on any atom is 0.416 e. The topological polar surface area (TPSA) is 59.6 Å². The van der Waals surface area contributed by atoms with Gasteiger partial charge in [-0.3, -0.25) is 0 Å². The molecular weight excluding hydrogens is 384 g/mol. The molecule has 144 valence electrons. The summed E-state index contributed by atoms with van der Waals surface area (Å²) in [6, 6.07) is 11.4. The highest BCUT2D eigenvalue weighted by Gasteiger charge is 2.41. The molecule has 0 fully saturated rings. The summed E-state index contributed by atoms with van der Waals surface area (Å²) in [6.07, 6.45) is -9.91. The van der Waals surface area contributed by atoms with Crippen LogP contribution in [0.5, 0.6) is 0 Å². The van der Waals surface area contributed by atoms with E-state index >= 15 is 0 Å². The number of rotatable bonds is 4. The number of allylic oxidation sites excluding steroid dienone is 1. The normalized spacial score (nSPS) is 11.3. The molecule has 9 heteroatoms. The van der Waals surface area contributed by atoms with Gasteiger partial charge in [-0.05, 0) is 29.7 Å². The minimum Gasteiger partial charge on any atom is -0.360 e. The van der Waals surface area contributed by atoms with Crippen molar-refractivity contribution in [2.24, 2.45) is 0 Å². The molecule has 0 aliphatic rings. The largest absolute Gasteiger partial charge is 0.416 e. The number of nitrogens with zero attached hydrogens (tertiary/aromatic N) is 2. The second-order valence-corrected chi connectivity index (χ2v) is 5.63. The average Bonchev–Trinajstić information content (AvgIpc) is 2.62. The summed E-state index contributed by atoms with van der Waals surface area (Å²) >= 11 is 0. The third-order valence-electron chi connectivity index (χ3n) is 3.71. The molecule has 0 heterocycles. The van der Waals surface area contributed by atoms with Gasteiger partial charge in [0.25, 0.3) is 0 Å². The zero-order valence-corrected chi connectivity index (χ0v) is 14.0. The minimum atomic E-state index is -5.04. The van der Waals surface area contributed by atoms with Gasteiger partial charge in [0.1, 0.15) is 17.7 Å². The van der Waals surface area contributed by atoms with Crippen LogP contribution in [0.4, 0.5) is 32.0 Å². The van der Waals surface area contributed by atoms with Crippen LogP contribution in [0, 0.1) is 22.7 Å². The number of hydrogen-bond donors (Lipinski definition) is 1. The third-order valence-corrected chi connectivity index (χ3v) is 3.71.